The van der Waals surface area contributed by atoms with E-state index in [1.54, 1.807) is 25.4 Å². The topological polar surface area (TPSA) is 157 Å². The van der Waals surface area contributed by atoms with Crippen LogP contribution in [0.5, 0.6) is 0 Å². The van der Waals surface area contributed by atoms with Crippen molar-refractivity contribution in [3.63, 3.8) is 0 Å². The van der Waals surface area contributed by atoms with Crippen molar-refractivity contribution >= 4 is 37.1 Å². The molecule has 0 spiro atoms. The van der Waals surface area contributed by atoms with Crippen LogP contribution >= 0.6 is 11.3 Å². The number of anilines is 1. The Balaban J connectivity index is 1.39. The van der Waals surface area contributed by atoms with Gasteiger partial charge >= 0.3 is 0 Å². The van der Waals surface area contributed by atoms with Crippen molar-refractivity contribution in [2.45, 2.75) is 63.8 Å². The van der Waals surface area contributed by atoms with Crippen molar-refractivity contribution < 1.29 is 17.6 Å². The number of hydrogen-bond donors (Lipinski definition) is 1. The van der Waals surface area contributed by atoms with Crippen molar-refractivity contribution in [1.82, 2.24) is 25.1 Å². The number of hydrogen-bond acceptors (Lipinski definition) is 12. The van der Waals surface area contributed by atoms with Crippen LogP contribution in [0.1, 0.15) is 67.6 Å². The minimum Gasteiger partial charge on any atom is -0.421 e. The number of ether oxygens (including phenoxy) is 1. The van der Waals surface area contributed by atoms with Crippen molar-refractivity contribution in [1.29, 1.82) is 5.26 Å². The van der Waals surface area contributed by atoms with Gasteiger partial charge in [0.05, 0.1) is 50.1 Å². The van der Waals surface area contributed by atoms with Gasteiger partial charge in [0.25, 0.3) is 0 Å². The number of rotatable bonds is 9. The molecule has 0 amide bonds. The molecule has 0 radical (unpaired) electrons. The quantitative estimate of drug-likeness (QED) is 0.183. The van der Waals surface area contributed by atoms with Crippen molar-refractivity contribution in [3.05, 3.63) is 65.2 Å². The number of pyridine rings is 3. The molecule has 47 heavy (non-hydrogen) atoms. The van der Waals surface area contributed by atoms with Gasteiger partial charge in [-0.15, -0.1) is 21.5 Å². The minimum absolute atomic E-state index is 0.0164. The van der Waals surface area contributed by atoms with Gasteiger partial charge in [-0.3, -0.25) is 9.97 Å². The Morgan fingerprint density at radius 3 is 2.66 bits per heavy atom. The molecular weight excluding hydrogens is 635 g/mol. The maximum absolute atomic E-state index is 14.1. The largest absolute Gasteiger partial charge is 0.421 e. The van der Waals surface area contributed by atoms with Crippen LogP contribution in [0.25, 0.3) is 32.0 Å². The fraction of sp³-hybridized carbons (Fsp3) is 0.412. The van der Waals surface area contributed by atoms with Gasteiger partial charge in [-0.1, -0.05) is 13.8 Å². The third-order valence-corrected chi connectivity index (χ3v) is 12.1. The molecule has 1 fully saturated rings. The van der Waals surface area contributed by atoms with Crippen LogP contribution in [0.15, 0.2) is 46.0 Å². The summed E-state index contributed by atoms with van der Waals surface area (Å²) in [6, 6.07) is 9.58. The van der Waals surface area contributed by atoms with Crippen molar-refractivity contribution in [2.75, 3.05) is 24.3 Å². The highest BCUT2D eigenvalue weighted by Gasteiger charge is 2.43. The first-order valence-corrected chi connectivity index (χ1v) is 18.3. The Bertz CT molecular complexity index is 2090. The van der Waals surface area contributed by atoms with Gasteiger partial charge in [-0.25, -0.2) is 13.4 Å². The van der Waals surface area contributed by atoms with E-state index < -0.39 is 9.84 Å². The third kappa shape index (κ3) is 6.13. The van der Waals surface area contributed by atoms with E-state index in [-0.39, 0.29) is 28.4 Å². The number of fused-ring (bicyclic) bond motifs is 2. The fourth-order valence-corrected chi connectivity index (χ4v) is 9.98. The molecule has 1 unspecified atom stereocenters. The predicted octanol–water partition coefficient (Wildman–Crippen LogP) is 6.48. The molecule has 7 rings (SSSR count). The summed E-state index contributed by atoms with van der Waals surface area (Å²) in [4.78, 5) is 15.2. The van der Waals surface area contributed by atoms with Crippen LogP contribution in [0.4, 0.5) is 5.82 Å². The third-order valence-electron chi connectivity index (χ3n) is 9.06. The highest BCUT2D eigenvalue weighted by molar-refractivity contribution is 7.92. The lowest BCUT2D eigenvalue weighted by Gasteiger charge is -2.23. The van der Waals surface area contributed by atoms with Gasteiger partial charge in [0, 0.05) is 48.9 Å². The number of nitrogens with zero attached hydrogens (tertiary/aromatic N) is 6. The maximum Gasteiger partial charge on any atom is 0.250 e. The summed E-state index contributed by atoms with van der Waals surface area (Å²) >= 11 is 1.48. The molecule has 1 N–H and O–H groups in total. The summed E-state index contributed by atoms with van der Waals surface area (Å²) in [6.07, 6.45) is 6.83. The van der Waals surface area contributed by atoms with Crippen LogP contribution in [-0.4, -0.2) is 52.5 Å². The number of sulfone groups is 1. The first kappa shape index (κ1) is 31.4. The van der Waals surface area contributed by atoms with Gasteiger partial charge in [-0.2, -0.15) is 5.26 Å². The van der Waals surface area contributed by atoms with Gasteiger partial charge in [0.2, 0.25) is 11.8 Å². The Hall–Kier alpha value is -4.25. The van der Waals surface area contributed by atoms with E-state index in [0.717, 1.165) is 58.8 Å². The average molecular weight is 670 g/mol. The Morgan fingerprint density at radius 2 is 1.96 bits per heavy atom. The highest BCUT2D eigenvalue weighted by atomic mass is 32.2. The molecule has 1 saturated heterocycles. The summed E-state index contributed by atoms with van der Waals surface area (Å²) < 4.78 is 40.7. The Morgan fingerprint density at radius 1 is 1.13 bits per heavy atom. The van der Waals surface area contributed by atoms with Crippen LogP contribution in [0.3, 0.4) is 0 Å². The van der Waals surface area contributed by atoms with Crippen LogP contribution in [0, 0.1) is 30.1 Å². The van der Waals surface area contributed by atoms with Gasteiger partial charge < -0.3 is 14.5 Å². The molecule has 1 atom stereocenters. The van der Waals surface area contributed by atoms with E-state index in [2.05, 4.69) is 45.4 Å². The summed E-state index contributed by atoms with van der Waals surface area (Å²) in [5.41, 5.74) is 3.87. The number of nitrogens with one attached hydrogen (secondary N) is 1. The summed E-state index contributed by atoms with van der Waals surface area (Å²) in [6.45, 7) is 7.76. The first-order valence-electron chi connectivity index (χ1n) is 15.9. The molecule has 2 aliphatic heterocycles. The SMILES string of the molecule is Cc1nnc(-c2c(CCC3CCOCC3)nc3c(c2-c2cc4ccnc(NCc5ccc(C#N)cn5)c4s2)S(=O)(=O)CC3C(C)C)o1. The maximum atomic E-state index is 14.1. The standard InChI is InChI=1S/C34H35N7O4S2/c1-19(2)25-18-47(42,43)32-29(27-14-23-8-11-36-33(31(23)46-27)38-17-24-6-4-22(15-35)16-37-24)28(34-41-40-20(3)45-34)26(39-30(25)32)7-5-21-9-12-44-13-10-21/h4,6,8,11,14,16,19,21,25H,5,7,9-10,12-13,17-18H2,1-3H3,(H,36,38). The van der Waals surface area contributed by atoms with Crippen LogP contribution in [-0.2, 0) is 27.5 Å². The minimum atomic E-state index is -3.68. The number of aryl methyl sites for hydroxylation is 2. The van der Waals surface area contributed by atoms with E-state index in [1.807, 2.05) is 18.2 Å². The molecule has 0 aromatic carbocycles. The summed E-state index contributed by atoms with van der Waals surface area (Å²) in [7, 11) is -3.68. The molecule has 5 aromatic rings. The molecular formula is C34H35N7O4S2. The molecule has 5 aromatic heterocycles. The molecule has 11 nitrogen and oxygen atoms in total. The zero-order valence-electron chi connectivity index (χ0n) is 26.5. The molecule has 242 valence electrons. The second kappa shape index (κ2) is 12.7. The van der Waals surface area contributed by atoms with E-state index in [1.165, 1.54) is 11.3 Å². The van der Waals surface area contributed by atoms with E-state index in [4.69, 9.17) is 19.4 Å². The van der Waals surface area contributed by atoms with Crippen molar-refractivity contribution in [3.8, 4) is 28.0 Å². The molecule has 0 aliphatic carbocycles. The highest BCUT2D eigenvalue weighted by Crippen LogP contribution is 2.51. The molecule has 13 heteroatoms. The Kier molecular flexibility index (Phi) is 8.50. The molecule has 2 aliphatic rings. The van der Waals surface area contributed by atoms with Gasteiger partial charge in [0.1, 0.15) is 11.9 Å². The summed E-state index contributed by atoms with van der Waals surface area (Å²) in [5.74, 6) is 1.72. The van der Waals surface area contributed by atoms with Gasteiger partial charge in [-0.05, 0) is 67.2 Å². The van der Waals surface area contributed by atoms with Crippen molar-refractivity contribution in [2.24, 2.45) is 11.8 Å². The smallest absolute Gasteiger partial charge is 0.250 e. The molecule has 7 heterocycles. The zero-order chi connectivity index (χ0) is 32.7. The average Bonchev–Trinajstić information content (AvgIpc) is 3.78. The number of aromatic nitrogens is 5. The van der Waals surface area contributed by atoms with E-state index in [0.29, 0.717) is 53.0 Å². The number of nitriles is 1. The second-order valence-electron chi connectivity index (χ2n) is 12.6. The normalized spacial score (nSPS) is 17.6. The lowest BCUT2D eigenvalue weighted by molar-refractivity contribution is 0.0639. The summed E-state index contributed by atoms with van der Waals surface area (Å²) in [5, 5.41) is 22.0. The lowest BCUT2D eigenvalue weighted by atomic mass is 9.89. The van der Waals surface area contributed by atoms with Crippen LogP contribution in [0.2, 0.25) is 0 Å². The van der Waals surface area contributed by atoms with Gasteiger partial charge in [0.15, 0.2) is 9.84 Å². The monoisotopic (exact) mass is 669 g/mol. The fourth-order valence-electron chi connectivity index (χ4n) is 6.51. The Labute approximate surface area is 277 Å². The second-order valence-corrected chi connectivity index (χ2v) is 15.6. The van der Waals surface area contributed by atoms with E-state index >= 15 is 0 Å². The number of thiophene rings is 1. The molecule has 0 bridgehead atoms. The van der Waals surface area contributed by atoms with Crippen LogP contribution < -0.4 is 5.32 Å². The molecule has 0 saturated carbocycles. The first-order chi connectivity index (χ1) is 22.7. The van der Waals surface area contributed by atoms with E-state index in [9.17, 15) is 8.42 Å². The lowest BCUT2D eigenvalue weighted by Crippen LogP contribution is -2.17. The zero-order valence-corrected chi connectivity index (χ0v) is 28.1. The predicted molar refractivity (Wildman–Crippen MR) is 179 cm³/mol.